The third-order valence-electron chi connectivity index (χ3n) is 3.87. The maximum Gasteiger partial charge on any atom is 0.201 e. The first kappa shape index (κ1) is 18.0. The van der Waals surface area contributed by atoms with Gasteiger partial charge in [0.1, 0.15) is 12.1 Å². The molecule has 136 valence electrons. The van der Waals surface area contributed by atoms with Gasteiger partial charge in [0.25, 0.3) is 0 Å². The standard InChI is InChI=1S/C17H16FN3O4S/c1-24-15-6-12-14(7-16(15)25-2)19-9-20-17(12)10-3-4-11(13(18)5-10)8-21-26(22)23/h3-7,9,26H,8H2,1-2H3,(H,21,22,23). The first-order valence-corrected chi connectivity index (χ1v) is 8.74. The number of benzene rings is 2. The Morgan fingerprint density at radius 1 is 1.08 bits per heavy atom. The molecule has 0 saturated heterocycles. The molecule has 0 aliphatic carbocycles. The van der Waals surface area contributed by atoms with Gasteiger partial charge in [-0.3, -0.25) is 0 Å². The molecule has 3 rings (SSSR count). The van der Waals surface area contributed by atoms with E-state index in [4.69, 9.17) is 9.47 Å². The Balaban J connectivity index is 2.09. The topological polar surface area (TPSA) is 90.4 Å². The summed E-state index contributed by atoms with van der Waals surface area (Å²) in [5, 5.41) is 0.679. The molecule has 2 aromatic carbocycles. The van der Waals surface area contributed by atoms with Crippen LogP contribution in [0.15, 0.2) is 36.7 Å². The van der Waals surface area contributed by atoms with Crippen LogP contribution in [0.1, 0.15) is 5.56 Å². The number of nitrogens with one attached hydrogen (secondary N) is 1. The van der Waals surface area contributed by atoms with E-state index in [0.29, 0.717) is 33.7 Å². The Labute approximate surface area is 150 Å². The van der Waals surface area contributed by atoms with Gasteiger partial charge in [0.05, 0.1) is 25.4 Å². The first-order chi connectivity index (χ1) is 12.5. The highest BCUT2D eigenvalue weighted by Crippen LogP contribution is 2.35. The Kier molecular flexibility index (Phi) is 5.29. The van der Waals surface area contributed by atoms with Gasteiger partial charge < -0.3 is 9.47 Å². The fraction of sp³-hybridized carbons (Fsp3) is 0.176. The normalized spacial score (nSPS) is 11.1. The Bertz CT molecular complexity index is 1030. The molecule has 0 fully saturated rings. The number of nitrogens with zero attached hydrogens (tertiary/aromatic N) is 2. The van der Waals surface area contributed by atoms with Crippen LogP contribution in [-0.4, -0.2) is 32.6 Å². The predicted octanol–water partition coefficient (Wildman–Crippen LogP) is 2.07. The smallest absolute Gasteiger partial charge is 0.201 e. The summed E-state index contributed by atoms with van der Waals surface area (Å²) in [5.41, 5.74) is 1.94. The quantitative estimate of drug-likeness (QED) is 0.639. The van der Waals surface area contributed by atoms with Crippen molar-refractivity contribution in [2.24, 2.45) is 0 Å². The van der Waals surface area contributed by atoms with Gasteiger partial charge in [-0.05, 0) is 12.1 Å². The lowest BCUT2D eigenvalue weighted by molar-refractivity contribution is 0.356. The Morgan fingerprint density at radius 3 is 2.46 bits per heavy atom. The number of aromatic nitrogens is 2. The molecular formula is C17H16FN3O4S. The summed E-state index contributed by atoms with van der Waals surface area (Å²) in [7, 11) is 0.269. The highest BCUT2D eigenvalue weighted by Gasteiger charge is 2.13. The maximum absolute atomic E-state index is 14.3. The van der Waals surface area contributed by atoms with Gasteiger partial charge in [-0.25, -0.2) is 27.5 Å². The average Bonchev–Trinajstić information content (AvgIpc) is 2.65. The van der Waals surface area contributed by atoms with E-state index in [-0.39, 0.29) is 12.1 Å². The van der Waals surface area contributed by atoms with Gasteiger partial charge in [0.15, 0.2) is 11.5 Å². The molecule has 0 aliphatic rings. The molecule has 0 amide bonds. The van der Waals surface area contributed by atoms with Crippen LogP contribution in [0.5, 0.6) is 11.5 Å². The van der Waals surface area contributed by atoms with Crippen LogP contribution < -0.4 is 14.2 Å². The molecule has 1 aromatic heterocycles. The molecule has 1 N–H and O–H groups in total. The number of fused-ring (bicyclic) bond motifs is 1. The predicted molar refractivity (Wildman–Crippen MR) is 95.2 cm³/mol. The monoisotopic (exact) mass is 377 g/mol. The van der Waals surface area contributed by atoms with Gasteiger partial charge in [-0.2, -0.15) is 0 Å². The molecule has 0 unspecified atom stereocenters. The largest absolute Gasteiger partial charge is 0.493 e. The lowest BCUT2D eigenvalue weighted by Crippen LogP contribution is -2.11. The van der Waals surface area contributed by atoms with Crippen LogP contribution in [-0.2, 0) is 17.4 Å². The molecule has 0 bridgehead atoms. The summed E-state index contributed by atoms with van der Waals surface area (Å²) >= 11 is 0. The van der Waals surface area contributed by atoms with E-state index in [0.717, 1.165) is 0 Å². The van der Waals surface area contributed by atoms with Crippen molar-refractivity contribution in [3.05, 3.63) is 48.0 Å². The van der Waals surface area contributed by atoms with Crippen LogP contribution in [0.3, 0.4) is 0 Å². The van der Waals surface area contributed by atoms with E-state index >= 15 is 0 Å². The van der Waals surface area contributed by atoms with Crippen molar-refractivity contribution in [3.63, 3.8) is 0 Å². The Hall–Kier alpha value is -2.78. The minimum Gasteiger partial charge on any atom is -0.493 e. The van der Waals surface area contributed by atoms with Crippen molar-refractivity contribution in [1.29, 1.82) is 0 Å². The highest BCUT2D eigenvalue weighted by atomic mass is 32.2. The molecule has 9 heteroatoms. The Morgan fingerprint density at radius 2 is 1.81 bits per heavy atom. The molecule has 0 saturated carbocycles. The number of hydrogen-bond acceptors (Lipinski definition) is 6. The van der Waals surface area contributed by atoms with Crippen LogP contribution in [0, 0.1) is 5.82 Å². The van der Waals surface area contributed by atoms with Gasteiger partial charge in [-0.1, -0.05) is 12.1 Å². The fourth-order valence-corrected chi connectivity index (χ4v) is 2.90. The van der Waals surface area contributed by atoms with Crippen molar-refractivity contribution in [3.8, 4) is 22.8 Å². The molecule has 7 nitrogen and oxygen atoms in total. The summed E-state index contributed by atoms with van der Waals surface area (Å²) in [5.74, 6) is 0.514. The summed E-state index contributed by atoms with van der Waals surface area (Å²) in [6, 6.07) is 7.97. The average molecular weight is 377 g/mol. The number of rotatable bonds is 6. The number of halogens is 1. The van der Waals surface area contributed by atoms with Crippen LogP contribution in [0.4, 0.5) is 4.39 Å². The molecule has 0 atom stereocenters. The van der Waals surface area contributed by atoms with Crippen molar-refractivity contribution >= 4 is 21.8 Å². The minimum absolute atomic E-state index is 0.111. The van der Waals surface area contributed by atoms with E-state index in [1.165, 1.54) is 32.7 Å². The van der Waals surface area contributed by atoms with Crippen molar-refractivity contribution in [2.75, 3.05) is 14.2 Å². The van der Waals surface area contributed by atoms with Crippen molar-refractivity contribution in [1.82, 2.24) is 14.7 Å². The zero-order valence-corrected chi connectivity index (χ0v) is 14.9. The number of hydrogen-bond donors (Lipinski definition) is 2. The molecule has 1 heterocycles. The second-order valence-corrected chi connectivity index (χ2v) is 6.18. The van der Waals surface area contributed by atoms with Gasteiger partial charge >= 0.3 is 0 Å². The summed E-state index contributed by atoms with van der Waals surface area (Å²) in [6.07, 6.45) is 1.39. The molecule has 26 heavy (non-hydrogen) atoms. The zero-order chi connectivity index (χ0) is 18.7. The van der Waals surface area contributed by atoms with Gasteiger partial charge in [-0.15, -0.1) is 0 Å². The maximum atomic E-state index is 14.3. The van der Waals surface area contributed by atoms with Crippen molar-refractivity contribution in [2.45, 2.75) is 6.54 Å². The minimum atomic E-state index is -2.79. The number of thiol groups is 1. The van der Waals surface area contributed by atoms with Crippen LogP contribution in [0.2, 0.25) is 0 Å². The molecular weight excluding hydrogens is 361 g/mol. The molecule has 0 spiro atoms. The first-order valence-electron chi connectivity index (χ1n) is 7.57. The lowest BCUT2D eigenvalue weighted by Gasteiger charge is -2.11. The SMILES string of the molecule is COc1cc2ncnc(-c3ccc(CN[SH](=O)=O)c(F)c3)c2cc1OC. The van der Waals surface area contributed by atoms with Crippen LogP contribution in [0.25, 0.3) is 22.2 Å². The molecule has 0 radical (unpaired) electrons. The third-order valence-corrected chi connectivity index (χ3v) is 4.28. The number of methoxy groups -OCH3 is 2. The fourth-order valence-electron chi connectivity index (χ4n) is 2.60. The van der Waals surface area contributed by atoms with Gasteiger partial charge in [0.2, 0.25) is 10.9 Å². The third kappa shape index (κ3) is 3.58. The summed E-state index contributed by atoms with van der Waals surface area (Å²) in [6.45, 7) is -0.111. The van der Waals surface area contributed by atoms with E-state index in [9.17, 15) is 12.8 Å². The number of ether oxygens (including phenoxy) is 2. The van der Waals surface area contributed by atoms with E-state index in [1.54, 1.807) is 18.2 Å². The summed E-state index contributed by atoms with van der Waals surface area (Å²) < 4.78 is 48.3. The van der Waals surface area contributed by atoms with E-state index < -0.39 is 16.7 Å². The molecule has 0 aliphatic heterocycles. The zero-order valence-electron chi connectivity index (χ0n) is 14.0. The molecule has 3 aromatic rings. The lowest BCUT2D eigenvalue weighted by atomic mass is 10.0. The summed E-state index contributed by atoms with van der Waals surface area (Å²) in [4.78, 5) is 8.49. The van der Waals surface area contributed by atoms with Crippen LogP contribution >= 0.6 is 0 Å². The van der Waals surface area contributed by atoms with E-state index in [1.807, 2.05) is 0 Å². The van der Waals surface area contributed by atoms with E-state index in [2.05, 4.69) is 14.7 Å². The second kappa shape index (κ2) is 7.63. The highest BCUT2D eigenvalue weighted by molar-refractivity contribution is 7.70. The van der Waals surface area contributed by atoms with Crippen molar-refractivity contribution < 1.29 is 22.3 Å². The van der Waals surface area contributed by atoms with Gasteiger partial charge in [0, 0.05) is 29.1 Å². The second-order valence-electron chi connectivity index (χ2n) is 5.34.